The number of aromatic nitrogens is 2. The molecule has 7 heteroatoms. The van der Waals surface area contributed by atoms with E-state index in [0.717, 1.165) is 6.42 Å². The lowest BCUT2D eigenvalue weighted by molar-refractivity contribution is -0.136. The predicted octanol–water partition coefficient (Wildman–Crippen LogP) is 0.857. The van der Waals surface area contributed by atoms with Crippen LogP contribution in [0.4, 0.5) is 5.82 Å². The monoisotopic (exact) mass is 269 g/mol. The van der Waals surface area contributed by atoms with Crippen LogP contribution >= 0.6 is 0 Å². The number of nitrogens with zero attached hydrogens (tertiary/aromatic N) is 1. The molecule has 4 N–H and O–H groups in total. The Hall–Kier alpha value is -1.89. The molecule has 7 nitrogen and oxygen atoms in total. The molecule has 0 amide bonds. The minimum Gasteiger partial charge on any atom is -0.481 e. The number of carboxylic acids is 1. The molecule has 19 heavy (non-hydrogen) atoms. The summed E-state index contributed by atoms with van der Waals surface area (Å²) in [7, 11) is 0. The SMILES string of the molecule is CCCC(OCC)c1nc(N)c(CC(=O)O)c(=O)[nH]1. The molecule has 106 valence electrons. The van der Waals surface area contributed by atoms with Gasteiger partial charge in [0.2, 0.25) is 0 Å². The summed E-state index contributed by atoms with van der Waals surface area (Å²) in [5, 5.41) is 8.70. The second-order valence-corrected chi connectivity index (χ2v) is 4.12. The first-order chi connectivity index (χ1) is 8.99. The largest absolute Gasteiger partial charge is 0.481 e. The van der Waals surface area contributed by atoms with Gasteiger partial charge in [-0.05, 0) is 13.3 Å². The Morgan fingerprint density at radius 1 is 1.53 bits per heavy atom. The highest BCUT2D eigenvalue weighted by Gasteiger charge is 2.18. The first kappa shape index (κ1) is 15.2. The number of ether oxygens (including phenoxy) is 1. The molecule has 0 saturated carbocycles. The van der Waals surface area contributed by atoms with Gasteiger partial charge in [-0.3, -0.25) is 9.59 Å². The number of nitrogens with one attached hydrogen (secondary N) is 1. The number of hydrogen-bond donors (Lipinski definition) is 3. The summed E-state index contributed by atoms with van der Waals surface area (Å²) >= 11 is 0. The van der Waals surface area contributed by atoms with Gasteiger partial charge in [-0.2, -0.15) is 0 Å². The van der Waals surface area contributed by atoms with Crippen LogP contribution in [-0.4, -0.2) is 27.7 Å². The molecule has 1 aromatic heterocycles. The van der Waals surface area contributed by atoms with E-state index in [1.54, 1.807) is 0 Å². The fourth-order valence-corrected chi connectivity index (χ4v) is 1.77. The van der Waals surface area contributed by atoms with Crippen LogP contribution in [0.1, 0.15) is 44.2 Å². The van der Waals surface area contributed by atoms with Crippen molar-refractivity contribution in [2.75, 3.05) is 12.3 Å². The fourth-order valence-electron chi connectivity index (χ4n) is 1.77. The van der Waals surface area contributed by atoms with Crippen LogP contribution in [0, 0.1) is 0 Å². The summed E-state index contributed by atoms with van der Waals surface area (Å²) in [6.45, 7) is 4.33. The standard InChI is InChI=1S/C12H19N3O4/c1-3-5-8(19-4-2)11-14-10(13)7(6-9(16)17)12(18)15-11/h8H,3-6H2,1-2H3,(H,16,17)(H3,13,14,15,18). The van der Waals surface area contributed by atoms with Gasteiger partial charge in [0.05, 0.1) is 12.0 Å². The maximum Gasteiger partial charge on any atom is 0.308 e. The Labute approximate surface area is 110 Å². The quantitative estimate of drug-likeness (QED) is 0.675. The van der Waals surface area contributed by atoms with Crippen molar-refractivity contribution >= 4 is 11.8 Å². The lowest BCUT2D eigenvalue weighted by Gasteiger charge is -2.16. The van der Waals surface area contributed by atoms with Crippen LogP contribution in [0.3, 0.4) is 0 Å². The second-order valence-electron chi connectivity index (χ2n) is 4.12. The highest BCUT2D eigenvalue weighted by molar-refractivity contribution is 5.71. The Morgan fingerprint density at radius 2 is 2.21 bits per heavy atom. The van der Waals surface area contributed by atoms with Gasteiger partial charge in [-0.15, -0.1) is 0 Å². The molecule has 1 aromatic rings. The maximum absolute atomic E-state index is 11.8. The van der Waals surface area contributed by atoms with E-state index in [-0.39, 0.29) is 17.5 Å². The van der Waals surface area contributed by atoms with E-state index in [9.17, 15) is 9.59 Å². The number of hydrogen-bond acceptors (Lipinski definition) is 5. The van der Waals surface area contributed by atoms with E-state index in [2.05, 4.69) is 9.97 Å². The Kier molecular flexibility index (Phi) is 5.50. The van der Waals surface area contributed by atoms with Crippen molar-refractivity contribution in [3.05, 3.63) is 21.7 Å². The topological polar surface area (TPSA) is 118 Å². The van der Waals surface area contributed by atoms with Crippen molar-refractivity contribution in [1.82, 2.24) is 9.97 Å². The average Bonchev–Trinajstić information content (AvgIpc) is 2.33. The third-order valence-corrected chi connectivity index (χ3v) is 2.62. The molecule has 0 aliphatic carbocycles. The second kappa shape index (κ2) is 6.89. The first-order valence-corrected chi connectivity index (χ1v) is 6.21. The highest BCUT2D eigenvalue weighted by atomic mass is 16.5. The zero-order chi connectivity index (χ0) is 14.4. The van der Waals surface area contributed by atoms with E-state index in [4.69, 9.17) is 15.6 Å². The molecule has 0 aliphatic rings. The first-order valence-electron chi connectivity index (χ1n) is 6.21. The van der Waals surface area contributed by atoms with Gasteiger partial charge in [-0.25, -0.2) is 4.98 Å². The van der Waals surface area contributed by atoms with Crippen molar-refractivity contribution in [2.45, 2.75) is 39.2 Å². The molecule has 0 fully saturated rings. The summed E-state index contributed by atoms with van der Waals surface area (Å²) in [5.41, 5.74) is 5.10. The van der Waals surface area contributed by atoms with Crippen molar-refractivity contribution < 1.29 is 14.6 Å². The molecule has 0 saturated heterocycles. The molecular formula is C12H19N3O4. The highest BCUT2D eigenvalue weighted by Crippen LogP contribution is 2.19. The van der Waals surface area contributed by atoms with Crippen molar-refractivity contribution in [3.63, 3.8) is 0 Å². The molecule has 0 aromatic carbocycles. The van der Waals surface area contributed by atoms with E-state index in [0.29, 0.717) is 18.9 Å². The van der Waals surface area contributed by atoms with Gasteiger partial charge in [0, 0.05) is 6.61 Å². The van der Waals surface area contributed by atoms with Crippen LogP contribution < -0.4 is 11.3 Å². The Morgan fingerprint density at radius 3 is 2.68 bits per heavy atom. The van der Waals surface area contributed by atoms with Gasteiger partial charge in [0.15, 0.2) is 0 Å². The van der Waals surface area contributed by atoms with E-state index < -0.39 is 17.9 Å². The number of H-pyrrole nitrogens is 1. The van der Waals surface area contributed by atoms with Gasteiger partial charge in [0.1, 0.15) is 17.7 Å². The lowest BCUT2D eigenvalue weighted by atomic mass is 10.1. The summed E-state index contributed by atoms with van der Waals surface area (Å²) in [6.07, 6.45) is 0.796. The van der Waals surface area contributed by atoms with Gasteiger partial charge in [-0.1, -0.05) is 13.3 Å². The average molecular weight is 269 g/mol. The van der Waals surface area contributed by atoms with Gasteiger partial charge in [0.25, 0.3) is 5.56 Å². The predicted molar refractivity (Wildman–Crippen MR) is 69.9 cm³/mol. The van der Waals surface area contributed by atoms with Crippen LogP contribution in [-0.2, 0) is 16.0 Å². The van der Waals surface area contributed by atoms with Gasteiger partial charge < -0.3 is 20.6 Å². The van der Waals surface area contributed by atoms with Crippen LogP contribution in [0.2, 0.25) is 0 Å². The number of carboxylic acid groups (broad SMARTS) is 1. The molecule has 1 heterocycles. The number of aliphatic carboxylic acids is 1. The minimum atomic E-state index is -1.12. The molecule has 0 radical (unpaired) electrons. The minimum absolute atomic E-state index is 0.0250. The molecule has 0 spiro atoms. The lowest BCUT2D eigenvalue weighted by Crippen LogP contribution is -2.24. The number of nitrogens with two attached hydrogens (primary N) is 1. The summed E-state index contributed by atoms with van der Waals surface area (Å²) in [4.78, 5) is 29.1. The number of carbonyl (C=O) groups is 1. The molecule has 0 aliphatic heterocycles. The van der Waals surface area contributed by atoms with Crippen molar-refractivity contribution in [2.24, 2.45) is 0 Å². The number of nitrogen functional groups attached to an aromatic ring is 1. The van der Waals surface area contributed by atoms with Crippen LogP contribution in [0.5, 0.6) is 0 Å². The summed E-state index contributed by atoms with van der Waals surface area (Å²) < 4.78 is 5.49. The van der Waals surface area contributed by atoms with Crippen molar-refractivity contribution in [3.8, 4) is 0 Å². The zero-order valence-electron chi connectivity index (χ0n) is 11.1. The van der Waals surface area contributed by atoms with E-state index in [1.807, 2.05) is 13.8 Å². The van der Waals surface area contributed by atoms with E-state index in [1.165, 1.54) is 0 Å². The summed E-state index contributed by atoms with van der Waals surface area (Å²) in [6, 6.07) is 0. The number of rotatable bonds is 7. The van der Waals surface area contributed by atoms with Crippen LogP contribution in [0.25, 0.3) is 0 Å². The molecule has 1 unspecified atom stereocenters. The maximum atomic E-state index is 11.8. The van der Waals surface area contributed by atoms with Gasteiger partial charge >= 0.3 is 5.97 Å². The normalized spacial score (nSPS) is 12.3. The van der Waals surface area contributed by atoms with E-state index >= 15 is 0 Å². The summed E-state index contributed by atoms with van der Waals surface area (Å²) in [5.74, 6) is -0.830. The smallest absolute Gasteiger partial charge is 0.308 e. The molecular weight excluding hydrogens is 250 g/mol. The number of aromatic amines is 1. The Bertz CT molecular complexity index is 492. The fraction of sp³-hybridized carbons (Fsp3) is 0.583. The molecule has 1 rings (SSSR count). The molecule has 1 atom stereocenters. The number of anilines is 1. The van der Waals surface area contributed by atoms with Crippen molar-refractivity contribution in [1.29, 1.82) is 0 Å². The third-order valence-electron chi connectivity index (χ3n) is 2.62. The van der Waals surface area contributed by atoms with Crippen LogP contribution in [0.15, 0.2) is 4.79 Å². The Balaban J connectivity index is 3.11. The zero-order valence-corrected chi connectivity index (χ0v) is 11.1. The third kappa shape index (κ3) is 4.06. The molecule has 0 bridgehead atoms.